The van der Waals surface area contributed by atoms with Crippen molar-refractivity contribution in [1.82, 2.24) is 10.6 Å². The summed E-state index contributed by atoms with van der Waals surface area (Å²) >= 11 is 0. The van der Waals surface area contributed by atoms with Crippen molar-refractivity contribution in [3.63, 3.8) is 0 Å². The quantitative estimate of drug-likeness (QED) is 0.442. The lowest BCUT2D eigenvalue weighted by Crippen LogP contribution is -2.38. The van der Waals surface area contributed by atoms with Gasteiger partial charge in [-0.3, -0.25) is 19.2 Å². The standard InChI is InChI=1S/C20H20N2O6/c23-11-15-5-1-3-7-17(15)27-13-19(25)21-9-10-22-20(26)14-28-18-8-4-2-6-16(18)12-24/h1-8,11-12H,9-10,13-14H2,(H,21,25)(H,22,26). The van der Waals surface area contributed by atoms with Crippen molar-refractivity contribution in [3.05, 3.63) is 59.7 Å². The van der Waals surface area contributed by atoms with Gasteiger partial charge in [-0.15, -0.1) is 0 Å². The minimum atomic E-state index is -0.383. The summed E-state index contributed by atoms with van der Waals surface area (Å²) in [6.07, 6.45) is 1.30. The van der Waals surface area contributed by atoms with Crippen molar-refractivity contribution < 1.29 is 28.7 Å². The second-order valence-electron chi connectivity index (χ2n) is 5.59. The SMILES string of the molecule is O=Cc1ccccc1OCC(=O)NCCNC(=O)COc1ccccc1C=O. The van der Waals surface area contributed by atoms with Crippen molar-refractivity contribution in [2.75, 3.05) is 26.3 Å². The Hall–Kier alpha value is -3.68. The first-order valence-electron chi connectivity index (χ1n) is 8.51. The van der Waals surface area contributed by atoms with Crippen LogP contribution in [0.1, 0.15) is 20.7 Å². The fraction of sp³-hybridized carbons (Fsp3) is 0.200. The van der Waals surface area contributed by atoms with Gasteiger partial charge in [0.25, 0.3) is 11.8 Å². The third-order valence-electron chi connectivity index (χ3n) is 3.58. The lowest BCUT2D eigenvalue weighted by atomic mass is 10.2. The van der Waals surface area contributed by atoms with E-state index in [1.165, 1.54) is 0 Å². The maximum absolute atomic E-state index is 11.7. The molecule has 0 aliphatic rings. The molecule has 2 rings (SSSR count). The molecule has 0 atom stereocenters. The normalized spacial score (nSPS) is 9.86. The highest BCUT2D eigenvalue weighted by Gasteiger charge is 2.07. The predicted octanol–water partition coefficient (Wildman–Crippen LogP) is 1.00. The smallest absolute Gasteiger partial charge is 0.258 e. The number of nitrogens with one attached hydrogen (secondary N) is 2. The zero-order chi connectivity index (χ0) is 20.2. The van der Waals surface area contributed by atoms with Crippen molar-refractivity contribution in [3.8, 4) is 11.5 Å². The van der Waals surface area contributed by atoms with Crippen LogP contribution in [0.25, 0.3) is 0 Å². The molecule has 0 saturated carbocycles. The third-order valence-corrected chi connectivity index (χ3v) is 3.58. The molecule has 0 fully saturated rings. The average molecular weight is 384 g/mol. The summed E-state index contributed by atoms with van der Waals surface area (Å²) in [4.78, 5) is 45.3. The highest BCUT2D eigenvalue weighted by atomic mass is 16.5. The fourth-order valence-electron chi connectivity index (χ4n) is 2.21. The molecule has 2 aromatic rings. The number of hydrogen-bond donors (Lipinski definition) is 2. The molecule has 0 aromatic heterocycles. The lowest BCUT2D eigenvalue weighted by Gasteiger charge is -2.10. The van der Waals surface area contributed by atoms with Crippen LogP contribution < -0.4 is 20.1 Å². The second-order valence-corrected chi connectivity index (χ2v) is 5.59. The van der Waals surface area contributed by atoms with Gasteiger partial charge >= 0.3 is 0 Å². The summed E-state index contributed by atoms with van der Waals surface area (Å²) in [6.45, 7) is -0.0862. The number of aldehydes is 2. The van der Waals surface area contributed by atoms with Gasteiger partial charge in [-0.1, -0.05) is 24.3 Å². The Morgan fingerprint density at radius 3 is 1.50 bits per heavy atom. The Balaban J connectivity index is 1.62. The van der Waals surface area contributed by atoms with Gasteiger partial charge in [0, 0.05) is 13.1 Å². The number of ether oxygens (including phenoxy) is 2. The predicted molar refractivity (Wildman–Crippen MR) is 101 cm³/mol. The van der Waals surface area contributed by atoms with Gasteiger partial charge in [0.1, 0.15) is 11.5 Å². The average Bonchev–Trinajstić information content (AvgIpc) is 2.74. The molecule has 2 aromatic carbocycles. The Kier molecular flexibility index (Phi) is 8.19. The zero-order valence-electron chi connectivity index (χ0n) is 15.1. The lowest BCUT2D eigenvalue weighted by molar-refractivity contribution is -0.124. The molecular formula is C20H20N2O6. The van der Waals surface area contributed by atoms with Crippen LogP contribution >= 0.6 is 0 Å². The summed E-state index contributed by atoms with van der Waals surface area (Å²) in [5, 5.41) is 5.17. The number of amides is 2. The van der Waals surface area contributed by atoms with E-state index in [0.717, 1.165) is 0 Å². The molecular weight excluding hydrogens is 364 g/mol. The first kappa shape index (κ1) is 20.6. The van der Waals surface area contributed by atoms with E-state index >= 15 is 0 Å². The van der Waals surface area contributed by atoms with Gasteiger partial charge in [0.15, 0.2) is 25.8 Å². The van der Waals surface area contributed by atoms with Crippen LogP contribution in [0, 0.1) is 0 Å². The largest absolute Gasteiger partial charge is 0.483 e. The number of carbonyl (C=O) groups is 4. The van der Waals surface area contributed by atoms with Crippen LogP contribution in [0.3, 0.4) is 0 Å². The van der Waals surface area contributed by atoms with E-state index in [2.05, 4.69) is 10.6 Å². The fourth-order valence-corrected chi connectivity index (χ4v) is 2.21. The molecule has 0 heterocycles. The van der Waals surface area contributed by atoms with E-state index in [9.17, 15) is 19.2 Å². The molecule has 8 heteroatoms. The van der Waals surface area contributed by atoms with Gasteiger partial charge in [-0.2, -0.15) is 0 Å². The van der Waals surface area contributed by atoms with Crippen LogP contribution in [-0.2, 0) is 9.59 Å². The van der Waals surface area contributed by atoms with E-state index < -0.39 is 0 Å². The van der Waals surface area contributed by atoms with Crippen LogP contribution in [0.5, 0.6) is 11.5 Å². The van der Waals surface area contributed by atoms with E-state index in [-0.39, 0.29) is 38.1 Å². The van der Waals surface area contributed by atoms with Crippen LogP contribution in [0.4, 0.5) is 0 Å². The minimum absolute atomic E-state index is 0.203. The van der Waals surface area contributed by atoms with Gasteiger partial charge in [0.05, 0.1) is 11.1 Å². The molecule has 0 bridgehead atoms. The van der Waals surface area contributed by atoms with Crippen LogP contribution in [-0.4, -0.2) is 50.7 Å². The van der Waals surface area contributed by atoms with Crippen LogP contribution in [0.15, 0.2) is 48.5 Å². The van der Waals surface area contributed by atoms with Crippen molar-refractivity contribution >= 4 is 24.4 Å². The molecule has 0 aliphatic heterocycles. The number of para-hydroxylation sites is 2. The van der Waals surface area contributed by atoms with E-state index in [4.69, 9.17) is 9.47 Å². The molecule has 0 spiro atoms. The number of rotatable bonds is 11. The molecule has 0 radical (unpaired) electrons. The zero-order valence-corrected chi connectivity index (χ0v) is 15.1. The molecule has 28 heavy (non-hydrogen) atoms. The van der Waals surface area contributed by atoms with E-state index in [0.29, 0.717) is 35.2 Å². The number of carbonyl (C=O) groups excluding carboxylic acids is 4. The minimum Gasteiger partial charge on any atom is -0.483 e. The second kappa shape index (κ2) is 11.1. The topological polar surface area (TPSA) is 111 Å². The third kappa shape index (κ3) is 6.56. The maximum atomic E-state index is 11.7. The Morgan fingerprint density at radius 1 is 0.714 bits per heavy atom. The van der Waals surface area contributed by atoms with Crippen LogP contribution in [0.2, 0.25) is 0 Å². The van der Waals surface area contributed by atoms with Crippen molar-refractivity contribution in [2.45, 2.75) is 0 Å². The van der Waals surface area contributed by atoms with Crippen molar-refractivity contribution in [1.29, 1.82) is 0 Å². The molecule has 0 aliphatic carbocycles. The molecule has 2 N–H and O–H groups in total. The molecule has 8 nitrogen and oxygen atoms in total. The first-order chi connectivity index (χ1) is 13.6. The number of benzene rings is 2. The van der Waals surface area contributed by atoms with Gasteiger partial charge in [-0.25, -0.2) is 0 Å². The maximum Gasteiger partial charge on any atom is 0.258 e. The molecule has 146 valence electrons. The molecule has 0 saturated heterocycles. The molecule has 2 amide bonds. The Labute approximate surface area is 161 Å². The monoisotopic (exact) mass is 384 g/mol. The summed E-state index contributed by atoms with van der Waals surface area (Å²) in [5.41, 5.74) is 0.720. The summed E-state index contributed by atoms with van der Waals surface area (Å²) < 4.78 is 10.6. The Morgan fingerprint density at radius 2 is 1.11 bits per heavy atom. The van der Waals surface area contributed by atoms with Gasteiger partial charge in [-0.05, 0) is 24.3 Å². The molecule has 0 unspecified atom stereocenters. The summed E-state index contributed by atoms with van der Waals surface area (Å²) in [5.74, 6) is -0.111. The van der Waals surface area contributed by atoms with Gasteiger partial charge in [0.2, 0.25) is 0 Å². The number of hydrogen-bond acceptors (Lipinski definition) is 6. The highest BCUT2D eigenvalue weighted by Crippen LogP contribution is 2.15. The van der Waals surface area contributed by atoms with E-state index in [1.807, 2.05) is 0 Å². The highest BCUT2D eigenvalue weighted by molar-refractivity contribution is 5.81. The summed E-state index contributed by atoms with van der Waals surface area (Å²) in [7, 11) is 0. The Bertz CT molecular complexity index is 767. The first-order valence-corrected chi connectivity index (χ1v) is 8.51. The van der Waals surface area contributed by atoms with E-state index in [1.54, 1.807) is 48.5 Å². The van der Waals surface area contributed by atoms with Gasteiger partial charge < -0.3 is 20.1 Å². The summed E-state index contributed by atoms with van der Waals surface area (Å²) in [6, 6.07) is 13.2. The van der Waals surface area contributed by atoms with Crippen molar-refractivity contribution in [2.24, 2.45) is 0 Å².